The van der Waals surface area contributed by atoms with Gasteiger partial charge in [0.15, 0.2) is 0 Å². The van der Waals surface area contributed by atoms with E-state index in [9.17, 15) is 8.42 Å². The standard InChI is InChI=1S/C9H12ClN3O2S.ClH/c1-6-4-12-9(13-8(6)10)16(14,15)7-2-3-11-5-7;/h4,7,11H,2-3,5H2,1H3;1H/t7-;/m1./s1. The topological polar surface area (TPSA) is 72.0 Å². The van der Waals surface area contributed by atoms with Crippen molar-refractivity contribution in [1.29, 1.82) is 0 Å². The molecule has 0 aromatic carbocycles. The van der Waals surface area contributed by atoms with Crippen molar-refractivity contribution in [2.24, 2.45) is 0 Å². The summed E-state index contributed by atoms with van der Waals surface area (Å²) in [5, 5.41) is 2.59. The molecule has 1 saturated heterocycles. The first-order valence-corrected chi connectivity index (χ1v) is 6.88. The third-order valence-electron chi connectivity index (χ3n) is 2.60. The van der Waals surface area contributed by atoms with Gasteiger partial charge in [0.1, 0.15) is 5.15 Å². The van der Waals surface area contributed by atoms with E-state index >= 15 is 0 Å². The summed E-state index contributed by atoms with van der Waals surface area (Å²) in [4.78, 5) is 7.67. The monoisotopic (exact) mass is 297 g/mol. The van der Waals surface area contributed by atoms with E-state index in [2.05, 4.69) is 15.3 Å². The van der Waals surface area contributed by atoms with E-state index in [0.29, 0.717) is 25.1 Å². The lowest BCUT2D eigenvalue weighted by atomic mass is 10.4. The molecule has 1 aliphatic rings. The van der Waals surface area contributed by atoms with E-state index in [1.54, 1.807) is 6.92 Å². The number of sulfone groups is 1. The number of hydrogen-bond donors (Lipinski definition) is 1. The van der Waals surface area contributed by atoms with E-state index in [4.69, 9.17) is 11.6 Å². The predicted octanol–water partition coefficient (Wildman–Crippen LogP) is 0.996. The zero-order valence-corrected chi connectivity index (χ0v) is 11.6. The number of hydrogen-bond acceptors (Lipinski definition) is 5. The Labute approximate surface area is 111 Å². The van der Waals surface area contributed by atoms with Crippen LogP contribution in [0.5, 0.6) is 0 Å². The van der Waals surface area contributed by atoms with Crippen LogP contribution >= 0.6 is 24.0 Å². The van der Waals surface area contributed by atoms with Gasteiger partial charge >= 0.3 is 0 Å². The summed E-state index contributed by atoms with van der Waals surface area (Å²) in [7, 11) is -3.45. The second-order valence-corrected chi connectivity index (χ2v) is 6.27. The molecule has 0 aliphatic carbocycles. The fraction of sp³-hybridized carbons (Fsp3) is 0.556. The van der Waals surface area contributed by atoms with Crippen molar-refractivity contribution < 1.29 is 8.42 Å². The van der Waals surface area contributed by atoms with Crippen LogP contribution in [-0.2, 0) is 9.84 Å². The number of nitrogens with one attached hydrogen (secondary N) is 1. The fourth-order valence-corrected chi connectivity index (χ4v) is 3.25. The SMILES string of the molecule is Cc1cnc(S(=O)(=O)[C@@H]2CCNC2)nc1Cl.Cl. The van der Waals surface area contributed by atoms with Crippen LogP contribution in [0.4, 0.5) is 0 Å². The van der Waals surface area contributed by atoms with Crippen molar-refractivity contribution >= 4 is 33.8 Å². The smallest absolute Gasteiger partial charge is 0.248 e. The Morgan fingerprint density at radius 1 is 1.53 bits per heavy atom. The highest BCUT2D eigenvalue weighted by molar-refractivity contribution is 7.91. The van der Waals surface area contributed by atoms with Crippen LogP contribution in [0.1, 0.15) is 12.0 Å². The van der Waals surface area contributed by atoms with Gasteiger partial charge in [-0.15, -0.1) is 12.4 Å². The Morgan fingerprint density at radius 2 is 2.24 bits per heavy atom. The highest BCUT2D eigenvalue weighted by atomic mass is 35.5. The molecule has 0 radical (unpaired) electrons. The number of nitrogens with zero attached hydrogens (tertiary/aromatic N) is 2. The van der Waals surface area contributed by atoms with Crippen molar-refractivity contribution in [1.82, 2.24) is 15.3 Å². The van der Waals surface area contributed by atoms with Crippen molar-refractivity contribution in [2.75, 3.05) is 13.1 Å². The molecular formula is C9H13Cl2N3O2S. The molecule has 5 nitrogen and oxygen atoms in total. The molecule has 0 bridgehead atoms. The second kappa shape index (κ2) is 5.48. The van der Waals surface area contributed by atoms with Gasteiger partial charge in [-0.05, 0) is 19.9 Å². The molecule has 8 heteroatoms. The van der Waals surface area contributed by atoms with Gasteiger partial charge in [0, 0.05) is 18.3 Å². The Hall–Kier alpha value is -0.430. The minimum Gasteiger partial charge on any atom is -0.315 e. The van der Waals surface area contributed by atoms with Gasteiger partial charge in [0.25, 0.3) is 0 Å². The lowest BCUT2D eigenvalue weighted by molar-refractivity contribution is 0.573. The number of aryl methyl sites for hydroxylation is 1. The molecule has 96 valence electrons. The third-order valence-corrected chi connectivity index (χ3v) is 4.96. The zero-order chi connectivity index (χ0) is 11.8. The van der Waals surface area contributed by atoms with Crippen molar-refractivity contribution in [3.63, 3.8) is 0 Å². The molecule has 0 saturated carbocycles. The third kappa shape index (κ3) is 2.88. The number of rotatable bonds is 2. The van der Waals surface area contributed by atoms with E-state index in [0.717, 1.165) is 0 Å². The maximum absolute atomic E-state index is 12.1. The minimum absolute atomic E-state index is 0. The molecular weight excluding hydrogens is 285 g/mol. The van der Waals surface area contributed by atoms with Crippen LogP contribution in [0.25, 0.3) is 0 Å². The normalized spacial score (nSPS) is 20.0. The van der Waals surface area contributed by atoms with E-state index in [1.165, 1.54) is 6.20 Å². The Bertz CT molecular complexity index is 501. The molecule has 0 amide bonds. The summed E-state index contributed by atoms with van der Waals surface area (Å²) in [5.74, 6) is 0. The van der Waals surface area contributed by atoms with Gasteiger partial charge in [0.2, 0.25) is 15.0 Å². The van der Waals surface area contributed by atoms with Crippen molar-refractivity contribution in [3.05, 3.63) is 16.9 Å². The van der Waals surface area contributed by atoms with Gasteiger partial charge < -0.3 is 5.32 Å². The fourth-order valence-electron chi connectivity index (χ4n) is 1.59. The zero-order valence-electron chi connectivity index (χ0n) is 9.18. The maximum Gasteiger partial charge on any atom is 0.248 e. The van der Waals surface area contributed by atoms with Crippen LogP contribution in [0.3, 0.4) is 0 Å². The molecule has 17 heavy (non-hydrogen) atoms. The lowest BCUT2D eigenvalue weighted by Gasteiger charge is -2.09. The number of aromatic nitrogens is 2. The second-order valence-electron chi connectivity index (χ2n) is 3.79. The van der Waals surface area contributed by atoms with Gasteiger partial charge in [-0.25, -0.2) is 18.4 Å². The van der Waals surface area contributed by atoms with Gasteiger partial charge in [-0.1, -0.05) is 11.6 Å². The van der Waals surface area contributed by atoms with Gasteiger partial charge in [-0.2, -0.15) is 0 Å². The largest absolute Gasteiger partial charge is 0.315 e. The van der Waals surface area contributed by atoms with Crippen LogP contribution in [0.2, 0.25) is 5.15 Å². The molecule has 2 rings (SSSR count). The summed E-state index contributed by atoms with van der Waals surface area (Å²) < 4.78 is 24.1. The average Bonchev–Trinajstić information content (AvgIpc) is 2.75. The average molecular weight is 298 g/mol. The summed E-state index contributed by atoms with van der Waals surface area (Å²) in [6.45, 7) is 2.90. The molecule has 1 fully saturated rings. The van der Waals surface area contributed by atoms with Crippen LogP contribution < -0.4 is 5.32 Å². The molecule has 1 aromatic rings. The maximum atomic E-state index is 12.1. The molecule has 2 heterocycles. The Morgan fingerprint density at radius 3 is 2.76 bits per heavy atom. The molecule has 0 unspecified atom stereocenters. The highest BCUT2D eigenvalue weighted by Gasteiger charge is 2.32. The summed E-state index contributed by atoms with van der Waals surface area (Å²) in [6, 6.07) is 0. The molecule has 0 spiro atoms. The molecule has 1 N–H and O–H groups in total. The first-order valence-electron chi connectivity index (χ1n) is 4.95. The van der Waals surface area contributed by atoms with Crippen LogP contribution in [0, 0.1) is 6.92 Å². The van der Waals surface area contributed by atoms with E-state index in [1.807, 2.05) is 0 Å². The predicted molar refractivity (Wildman–Crippen MR) is 67.5 cm³/mol. The first kappa shape index (κ1) is 14.6. The number of halogens is 2. The molecule has 1 atom stereocenters. The Balaban J connectivity index is 0.00000144. The van der Waals surface area contributed by atoms with Gasteiger partial charge in [-0.3, -0.25) is 0 Å². The molecule has 1 aromatic heterocycles. The lowest BCUT2D eigenvalue weighted by Crippen LogP contribution is -2.25. The van der Waals surface area contributed by atoms with Crippen molar-refractivity contribution in [3.8, 4) is 0 Å². The summed E-state index contributed by atoms with van der Waals surface area (Å²) >= 11 is 5.80. The minimum atomic E-state index is -3.45. The molecule has 1 aliphatic heterocycles. The van der Waals surface area contributed by atoms with E-state index in [-0.39, 0.29) is 22.7 Å². The summed E-state index contributed by atoms with van der Waals surface area (Å²) in [6.07, 6.45) is 2.03. The summed E-state index contributed by atoms with van der Waals surface area (Å²) in [5.41, 5.74) is 0.671. The van der Waals surface area contributed by atoms with E-state index < -0.39 is 15.1 Å². The Kier molecular flexibility index (Phi) is 4.71. The van der Waals surface area contributed by atoms with Gasteiger partial charge in [0.05, 0.1) is 5.25 Å². The first-order chi connectivity index (χ1) is 7.51. The van der Waals surface area contributed by atoms with Crippen molar-refractivity contribution in [2.45, 2.75) is 23.8 Å². The highest BCUT2D eigenvalue weighted by Crippen LogP contribution is 2.19. The quantitative estimate of drug-likeness (QED) is 0.651. The van der Waals surface area contributed by atoms with Crippen LogP contribution in [-0.4, -0.2) is 36.7 Å². The van der Waals surface area contributed by atoms with Crippen LogP contribution in [0.15, 0.2) is 11.4 Å².